The maximum atomic E-state index is 13.6. The van der Waals surface area contributed by atoms with Crippen LogP contribution in [0.25, 0.3) is 0 Å². The minimum absolute atomic E-state index is 0.0205. The number of hydrogen-bond acceptors (Lipinski definition) is 7. The smallest absolute Gasteiger partial charge is 0.292 e. The van der Waals surface area contributed by atoms with Gasteiger partial charge in [0.25, 0.3) is 11.7 Å². The van der Waals surface area contributed by atoms with Gasteiger partial charge in [-0.15, -0.1) is 0 Å². The van der Waals surface area contributed by atoms with Crippen molar-refractivity contribution in [3.05, 3.63) is 53.2 Å². The molecule has 2 aliphatic heterocycles. The second kappa shape index (κ2) is 10.4. The van der Waals surface area contributed by atoms with Gasteiger partial charge < -0.3 is 19.6 Å². The lowest BCUT2D eigenvalue weighted by Gasteiger charge is -2.50. The maximum Gasteiger partial charge on any atom is 0.292 e. The number of halogens is 1. The number of carbonyl (C=O) groups is 2. The summed E-state index contributed by atoms with van der Waals surface area (Å²) in [4.78, 5) is 35.4. The van der Waals surface area contributed by atoms with Crippen molar-refractivity contribution in [2.75, 3.05) is 37.6 Å². The summed E-state index contributed by atoms with van der Waals surface area (Å²) in [5.41, 5.74) is 2.73. The van der Waals surface area contributed by atoms with Crippen LogP contribution in [0.3, 0.4) is 0 Å². The molecule has 0 radical (unpaired) electrons. The Morgan fingerprint density at radius 2 is 1.97 bits per heavy atom. The third-order valence-electron chi connectivity index (χ3n) is 6.63. The summed E-state index contributed by atoms with van der Waals surface area (Å²) in [6.45, 7) is 12.6. The molecule has 1 aromatic carbocycles. The Morgan fingerprint density at radius 1 is 1.22 bits per heavy atom. The van der Waals surface area contributed by atoms with Gasteiger partial charge in [-0.25, -0.2) is 4.39 Å². The molecule has 2 aliphatic rings. The molecule has 1 atom stereocenters. The lowest BCUT2D eigenvalue weighted by Crippen LogP contribution is -2.67. The normalized spacial score (nSPS) is 19.6. The molecule has 2 fully saturated rings. The highest BCUT2D eigenvalue weighted by Gasteiger charge is 2.40. The van der Waals surface area contributed by atoms with Crippen molar-refractivity contribution in [3.8, 4) is 0 Å². The van der Waals surface area contributed by atoms with E-state index in [4.69, 9.17) is 4.52 Å². The highest BCUT2D eigenvalue weighted by Crippen LogP contribution is 2.27. The molecule has 9 nitrogen and oxygen atoms in total. The summed E-state index contributed by atoms with van der Waals surface area (Å²) in [5.74, 6) is 0.0116. The van der Waals surface area contributed by atoms with E-state index < -0.39 is 6.17 Å². The van der Waals surface area contributed by atoms with Gasteiger partial charge in [0.2, 0.25) is 11.8 Å². The summed E-state index contributed by atoms with van der Waals surface area (Å²) in [6, 6.07) is 6.10. The van der Waals surface area contributed by atoms with E-state index in [9.17, 15) is 14.0 Å². The second-order valence-corrected chi connectivity index (χ2v) is 10.5. The van der Waals surface area contributed by atoms with E-state index in [-0.39, 0.29) is 29.2 Å². The van der Waals surface area contributed by atoms with Crippen LogP contribution in [0, 0.1) is 6.92 Å². The van der Waals surface area contributed by atoms with Gasteiger partial charge in [0.05, 0.1) is 6.54 Å². The van der Waals surface area contributed by atoms with Gasteiger partial charge in [0.1, 0.15) is 12.3 Å². The van der Waals surface area contributed by atoms with Crippen molar-refractivity contribution in [3.63, 3.8) is 0 Å². The second-order valence-electron chi connectivity index (χ2n) is 10.5. The van der Waals surface area contributed by atoms with E-state index >= 15 is 0 Å². The van der Waals surface area contributed by atoms with Gasteiger partial charge in [-0.2, -0.15) is 4.98 Å². The number of nitrogens with one attached hydrogen (secondary N) is 1. The maximum absolute atomic E-state index is 13.6. The van der Waals surface area contributed by atoms with E-state index in [0.717, 1.165) is 16.8 Å². The Balaban J connectivity index is 1.40. The molecule has 36 heavy (non-hydrogen) atoms. The first-order valence-corrected chi connectivity index (χ1v) is 12.3. The average molecular weight is 499 g/mol. The molecule has 1 N–H and O–H groups in total. The van der Waals surface area contributed by atoms with Crippen LogP contribution >= 0.6 is 0 Å². The first-order valence-electron chi connectivity index (χ1n) is 12.3. The standard InChI is InChI=1S/C26H35FN6O3/c1-6-7-22(34)33-11-10-31(16-21(33)32-14-19(27)15-32)20-9-8-18(17(2)12-20)13-28-24(35)23-29-25(36-30-23)26(3,4)5/h6-9,12,19,21H,10-11,13-16H2,1-5H3,(H,28,35). The minimum Gasteiger partial charge on any atom is -0.366 e. The number of piperazine rings is 1. The van der Waals surface area contributed by atoms with Crippen LogP contribution < -0.4 is 10.2 Å². The Hall–Kier alpha value is -3.27. The fourth-order valence-electron chi connectivity index (χ4n) is 4.46. The van der Waals surface area contributed by atoms with Gasteiger partial charge in [0, 0.05) is 43.8 Å². The molecule has 4 rings (SSSR count). The zero-order chi connectivity index (χ0) is 26.0. The number of nitrogens with zero attached hydrogens (tertiary/aromatic N) is 5. The van der Waals surface area contributed by atoms with E-state index in [1.54, 1.807) is 12.2 Å². The van der Waals surface area contributed by atoms with Gasteiger partial charge in [-0.1, -0.05) is 38.1 Å². The van der Waals surface area contributed by atoms with Crippen molar-refractivity contribution >= 4 is 17.5 Å². The SMILES string of the molecule is CC=CC(=O)N1CCN(c2ccc(CNC(=O)c3noc(C(C)(C)C)n3)c(C)c2)CC1N1CC(F)C1. The molecular formula is C26H35FN6O3. The first-order chi connectivity index (χ1) is 17.1. The topological polar surface area (TPSA) is 94.8 Å². The Bertz CT molecular complexity index is 1130. The minimum atomic E-state index is -0.830. The Morgan fingerprint density at radius 3 is 2.58 bits per heavy atom. The molecule has 0 aliphatic carbocycles. The number of aromatic nitrogens is 2. The molecule has 0 saturated carbocycles. The zero-order valence-electron chi connectivity index (χ0n) is 21.6. The van der Waals surface area contributed by atoms with Crippen LogP contribution in [0.15, 0.2) is 34.9 Å². The molecule has 194 valence electrons. The van der Waals surface area contributed by atoms with Crippen LogP contribution in [0.5, 0.6) is 0 Å². The molecule has 2 amide bonds. The van der Waals surface area contributed by atoms with E-state index in [0.29, 0.717) is 45.2 Å². The van der Waals surface area contributed by atoms with Crippen LogP contribution in [0.4, 0.5) is 10.1 Å². The summed E-state index contributed by atoms with van der Waals surface area (Å²) in [7, 11) is 0. The van der Waals surface area contributed by atoms with Gasteiger partial charge in [0.15, 0.2) is 0 Å². The van der Waals surface area contributed by atoms with Crippen molar-refractivity contribution < 1.29 is 18.5 Å². The van der Waals surface area contributed by atoms with Crippen LogP contribution in [-0.4, -0.2) is 76.8 Å². The van der Waals surface area contributed by atoms with Gasteiger partial charge >= 0.3 is 0 Å². The number of rotatable bonds is 6. The predicted molar refractivity (Wildman–Crippen MR) is 134 cm³/mol. The lowest BCUT2D eigenvalue weighted by molar-refractivity contribution is -0.137. The molecule has 3 heterocycles. The van der Waals surface area contributed by atoms with Gasteiger partial charge in [-0.05, 0) is 43.2 Å². The van der Waals surface area contributed by atoms with Crippen molar-refractivity contribution in [2.24, 2.45) is 0 Å². The van der Waals surface area contributed by atoms with Crippen LogP contribution in [0.2, 0.25) is 0 Å². The number of amides is 2. The highest BCUT2D eigenvalue weighted by molar-refractivity contribution is 5.90. The molecule has 0 bridgehead atoms. The number of carbonyl (C=O) groups excluding carboxylic acids is 2. The number of allylic oxidation sites excluding steroid dienone is 1. The Kier molecular flexibility index (Phi) is 7.44. The number of aryl methyl sites for hydroxylation is 1. The third kappa shape index (κ3) is 5.59. The number of alkyl halides is 1. The number of hydrogen-bond donors (Lipinski definition) is 1. The average Bonchev–Trinajstić information content (AvgIpc) is 3.32. The fourth-order valence-corrected chi connectivity index (χ4v) is 4.46. The van der Waals surface area contributed by atoms with Crippen molar-refractivity contribution in [2.45, 2.75) is 58.9 Å². The lowest BCUT2D eigenvalue weighted by atomic mass is 9.97. The summed E-state index contributed by atoms with van der Waals surface area (Å²) >= 11 is 0. The van der Waals surface area contributed by atoms with E-state index in [2.05, 4.69) is 26.4 Å². The molecule has 1 unspecified atom stereocenters. The third-order valence-corrected chi connectivity index (χ3v) is 6.63. The van der Waals surface area contributed by atoms with E-state index in [1.165, 1.54) is 0 Å². The summed E-state index contributed by atoms with van der Waals surface area (Å²) in [5, 5.41) is 6.66. The number of anilines is 1. The van der Waals surface area contributed by atoms with Crippen molar-refractivity contribution in [1.29, 1.82) is 0 Å². The van der Waals surface area contributed by atoms with Gasteiger partial charge in [-0.3, -0.25) is 14.5 Å². The van der Waals surface area contributed by atoms with E-state index in [1.807, 2.05) is 56.6 Å². The zero-order valence-corrected chi connectivity index (χ0v) is 21.6. The first kappa shape index (κ1) is 25.8. The quantitative estimate of drug-likeness (QED) is 0.612. The largest absolute Gasteiger partial charge is 0.366 e. The summed E-state index contributed by atoms with van der Waals surface area (Å²) < 4.78 is 18.8. The van der Waals surface area contributed by atoms with Crippen LogP contribution in [-0.2, 0) is 16.8 Å². The van der Waals surface area contributed by atoms with Crippen molar-refractivity contribution in [1.82, 2.24) is 25.3 Å². The number of benzene rings is 1. The Labute approximate surface area is 211 Å². The van der Waals surface area contributed by atoms with Crippen LogP contribution in [0.1, 0.15) is 55.3 Å². The molecule has 2 aromatic rings. The molecule has 1 aromatic heterocycles. The highest BCUT2D eigenvalue weighted by atomic mass is 19.1. The summed E-state index contributed by atoms with van der Waals surface area (Å²) in [6.07, 6.45) is 2.31. The monoisotopic (exact) mass is 498 g/mol. The molecular weight excluding hydrogens is 463 g/mol. The fraction of sp³-hybridized carbons (Fsp3) is 0.538. The molecule has 10 heteroatoms. The molecule has 0 spiro atoms. The number of likely N-dealkylation sites (tertiary alicyclic amines) is 1. The predicted octanol–water partition coefficient (Wildman–Crippen LogP) is 2.81. The molecule has 2 saturated heterocycles.